The lowest BCUT2D eigenvalue weighted by Gasteiger charge is -2.32. The van der Waals surface area contributed by atoms with Crippen LogP contribution in [0, 0.1) is 0 Å². The first-order chi connectivity index (χ1) is 7.40. The highest BCUT2D eigenvalue weighted by Gasteiger charge is 2.34. The highest BCUT2D eigenvalue weighted by atomic mass is 32.2. The van der Waals surface area contributed by atoms with E-state index in [2.05, 4.69) is 17.1 Å². The van der Waals surface area contributed by atoms with Gasteiger partial charge in [-0.15, -0.1) is 0 Å². The molecule has 2 heterocycles. The minimum absolute atomic E-state index is 0.879. The summed E-state index contributed by atoms with van der Waals surface area (Å²) in [5.41, 5.74) is 0. The third kappa shape index (κ3) is 2.52. The van der Waals surface area contributed by atoms with Crippen molar-refractivity contribution in [3.8, 4) is 0 Å². The molecule has 0 aromatic carbocycles. The number of nitrogens with one attached hydrogen (secondary N) is 1. The van der Waals surface area contributed by atoms with E-state index in [1.165, 1.54) is 57.8 Å². The number of thioether (sulfide) groups is 1. The van der Waals surface area contributed by atoms with Gasteiger partial charge in [0.1, 0.15) is 0 Å². The van der Waals surface area contributed by atoms with Crippen LogP contribution >= 0.6 is 11.8 Å². The molecular weight excluding hydrogens is 202 g/mol. The molecule has 0 amide bonds. The van der Waals surface area contributed by atoms with Crippen LogP contribution in [0.4, 0.5) is 0 Å². The molecule has 0 aromatic heterocycles. The van der Waals surface area contributed by atoms with Gasteiger partial charge in [0, 0.05) is 22.6 Å². The van der Waals surface area contributed by atoms with Crippen molar-refractivity contribution in [1.29, 1.82) is 0 Å². The Morgan fingerprint density at radius 2 is 1.40 bits per heavy atom. The van der Waals surface area contributed by atoms with E-state index >= 15 is 0 Å². The molecule has 15 heavy (non-hydrogen) atoms. The molecule has 2 heteroatoms. The van der Waals surface area contributed by atoms with Gasteiger partial charge in [-0.05, 0) is 38.5 Å². The van der Waals surface area contributed by atoms with Crippen LogP contribution in [-0.4, -0.2) is 22.6 Å². The van der Waals surface area contributed by atoms with Gasteiger partial charge >= 0.3 is 0 Å². The van der Waals surface area contributed by atoms with Crippen molar-refractivity contribution in [2.45, 2.75) is 80.4 Å². The van der Waals surface area contributed by atoms with Gasteiger partial charge in [-0.3, -0.25) is 0 Å². The van der Waals surface area contributed by atoms with E-state index in [-0.39, 0.29) is 0 Å². The Kier molecular flexibility index (Phi) is 3.25. The van der Waals surface area contributed by atoms with Crippen LogP contribution in [-0.2, 0) is 0 Å². The zero-order valence-electron chi connectivity index (χ0n) is 9.58. The van der Waals surface area contributed by atoms with E-state index in [1.807, 2.05) is 0 Å². The largest absolute Gasteiger partial charge is 0.311 e. The van der Waals surface area contributed by atoms with Crippen molar-refractivity contribution in [3.05, 3.63) is 0 Å². The van der Waals surface area contributed by atoms with Crippen molar-refractivity contribution in [2.75, 3.05) is 0 Å². The van der Waals surface area contributed by atoms with Crippen LogP contribution in [0.25, 0.3) is 0 Å². The molecule has 2 saturated heterocycles. The number of piperidine rings is 1. The van der Waals surface area contributed by atoms with Gasteiger partial charge in [0.2, 0.25) is 0 Å². The van der Waals surface area contributed by atoms with Gasteiger partial charge in [0.25, 0.3) is 0 Å². The third-order valence-corrected chi connectivity index (χ3v) is 5.99. The summed E-state index contributed by atoms with van der Waals surface area (Å²) in [6, 6.07) is 1.76. The van der Waals surface area contributed by atoms with E-state index in [0.29, 0.717) is 0 Å². The molecule has 1 N–H and O–H groups in total. The molecule has 0 aromatic rings. The number of fused-ring (bicyclic) bond motifs is 2. The molecule has 2 atom stereocenters. The second-order valence-corrected chi connectivity index (χ2v) is 7.23. The van der Waals surface area contributed by atoms with Crippen LogP contribution in [0.15, 0.2) is 0 Å². The molecule has 1 nitrogen and oxygen atoms in total. The zero-order chi connectivity index (χ0) is 10.1. The average molecular weight is 225 g/mol. The van der Waals surface area contributed by atoms with Gasteiger partial charge in [0.15, 0.2) is 0 Å². The molecule has 0 radical (unpaired) electrons. The predicted octanol–water partition coefficient (Wildman–Crippen LogP) is 3.34. The first-order valence-electron chi connectivity index (χ1n) is 6.81. The number of hydrogen-bond acceptors (Lipinski definition) is 2. The Morgan fingerprint density at radius 3 is 2.07 bits per heavy atom. The Hall–Kier alpha value is 0.310. The molecule has 1 saturated carbocycles. The van der Waals surface area contributed by atoms with E-state index in [9.17, 15) is 0 Å². The lowest BCUT2D eigenvalue weighted by Crippen LogP contribution is -2.39. The maximum atomic E-state index is 3.74. The molecule has 2 aliphatic heterocycles. The van der Waals surface area contributed by atoms with Crippen molar-refractivity contribution in [3.63, 3.8) is 0 Å². The minimum atomic E-state index is 0.879. The lowest BCUT2D eigenvalue weighted by atomic mass is 10.0. The SMILES string of the molecule is C1CCC(SC2C[C@@H]3CC[C@@H](C2)N3)CC1. The molecule has 3 fully saturated rings. The summed E-state index contributed by atoms with van der Waals surface area (Å²) in [4.78, 5) is 0. The van der Waals surface area contributed by atoms with E-state index in [1.54, 1.807) is 0 Å². The summed E-state index contributed by atoms with van der Waals surface area (Å²) in [7, 11) is 0. The van der Waals surface area contributed by atoms with Crippen molar-refractivity contribution in [2.24, 2.45) is 0 Å². The van der Waals surface area contributed by atoms with Gasteiger partial charge < -0.3 is 5.32 Å². The molecule has 86 valence electrons. The molecule has 3 rings (SSSR count). The van der Waals surface area contributed by atoms with Gasteiger partial charge in [0.05, 0.1) is 0 Å². The summed E-state index contributed by atoms with van der Waals surface area (Å²) >= 11 is 2.35. The summed E-state index contributed by atoms with van der Waals surface area (Å²) in [6.45, 7) is 0. The summed E-state index contributed by atoms with van der Waals surface area (Å²) in [5, 5.41) is 5.75. The maximum Gasteiger partial charge on any atom is 0.00807 e. The standard InChI is InChI=1S/C13H23NS/c1-2-4-12(5-3-1)15-13-8-10-6-7-11(9-13)14-10/h10-14H,1-9H2/t10-,11-/m0/s1. The van der Waals surface area contributed by atoms with Gasteiger partial charge in [-0.25, -0.2) is 0 Å². The summed E-state index contributed by atoms with van der Waals surface area (Å²) < 4.78 is 0. The monoisotopic (exact) mass is 225 g/mol. The van der Waals surface area contributed by atoms with Crippen molar-refractivity contribution >= 4 is 11.8 Å². The second kappa shape index (κ2) is 4.67. The Morgan fingerprint density at radius 1 is 0.733 bits per heavy atom. The maximum absolute atomic E-state index is 3.74. The van der Waals surface area contributed by atoms with Crippen LogP contribution in [0.3, 0.4) is 0 Å². The molecule has 3 aliphatic rings. The predicted molar refractivity (Wildman–Crippen MR) is 67.4 cm³/mol. The van der Waals surface area contributed by atoms with Crippen LogP contribution < -0.4 is 5.32 Å². The third-order valence-electron chi connectivity index (χ3n) is 4.37. The fourth-order valence-electron chi connectivity index (χ4n) is 3.59. The fraction of sp³-hybridized carbons (Fsp3) is 1.00. The molecule has 1 aliphatic carbocycles. The van der Waals surface area contributed by atoms with Crippen LogP contribution in [0.2, 0.25) is 0 Å². The fourth-order valence-corrected chi connectivity index (χ4v) is 5.43. The van der Waals surface area contributed by atoms with Gasteiger partial charge in [-0.2, -0.15) is 11.8 Å². The molecule has 0 spiro atoms. The number of hydrogen-bond donors (Lipinski definition) is 1. The van der Waals surface area contributed by atoms with Crippen LogP contribution in [0.1, 0.15) is 57.8 Å². The summed E-state index contributed by atoms with van der Waals surface area (Å²) in [5.74, 6) is 0. The van der Waals surface area contributed by atoms with Crippen molar-refractivity contribution in [1.82, 2.24) is 5.32 Å². The smallest absolute Gasteiger partial charge is 0.00807 e. The Balaban J connectivity index is 1.50. The van der Waals surface area contributed by atoms with Gasteiger partial charge in [-0.1, -0.05) is 19.3 Å². The summed E-state index contributed by atoms with van der Waals surface area (Å²) in [6.07, 6.45) is 13.3. The Bertz CT molecular complexity index is 201. The highest BCUT2D eigenvalue weighted by Crippen LogP contribution is 2.39. The second-order valence-electron chi connectivity index (χ2n) is 5.63. The van der Waals surface area contributed by atoms with E-state index < -0.39 is 0 Å². The zero-order valence-corrected chi connectivity index (χ0v) is 10.4. The Labute approximate surface area is 97.8 Å². The molecule has 2 bridgehead atoms. The lowest BCUT2D eigenvalue weighted by molar-refractivity contribution is 0.412. The van der Waals surface area contributed by atoms with Crippen LogP contribution in [0.5, 0.6) is 0 Å². The normalized spacial score (nSPS) is 42.0. The first-order valence-corrected chi connectivity index (χ1v) is 7.76. The minimum Gasteiger partial charge on any atom is -0.311 e. The van der Waals surface area contributed by atoms with E-state index in [0.717, 1.165) is 22.6 Å². The number of rotatable bonds is 2. The quantitative estimate of drug-likeness (QED) is 0.773. The average Bonchev–Trinajstić information content (AvgIpc) is 2.60. The first kappa shape index (κ1) is 10.5. The van der Waals surface area contributed by atoms with Crippen molar-refractivity contribution < 1.29 is 0 Å². The molecule has 0 unspecified atom stereocenters. The van der Waals surface area contributed by atoms with E-state index in [4.69, 9.17) is 0 Å². The molecular formula is C13H23NS. The highest BCUT2D eigenvalue weighted by molar-refractivity contribution is 8.00. The topological polar surface area (TPSA) is 12.0 Å².